The summed E-state index contributed by atoms with van der Waals surface area (Å²) in [5, 5.41) is 8.40. The molecule has 0 aliphatic carbocycles. The van der Waals surface area contributed by atoms with Crippen molar-refractivity contribution in [3.05, 3.63) is 75.5 Å². The van der Waals surface area contributed by atoms with Crippen molar-refractivity contribution in [1.82, 2.24) is 30.0 Å². The van der Waals surface area contributed by atoms with Crippen LogP contribution >= 0.6 is 0 Å². The summed E-state index contributed by atoms with van der Waals surface area (Å²) in [6, 6.07) is 10.3. The number of amides is 1. The zero-order valence-corrected chi connectivity index (χ0v) is 24.8. The predicted octanol–water partition coefficient (Wildman–Crippen LogP) is 4.70. The van der Waals surface area contributed by atoms with Crippen molar-refractivity contribution in [3.63, 3.8) is 0 Å². The van der Waals surface area contributed by atoms with E-state index in [4.69, 9.17) is 4.98 Å². The van der Waals surface area contributed by atoms with E-state index in [2.05, 4.69) is 71.1 Å². The standard InChI is InChI=1S/C32H41N7O2/c1-6-8-23-15-22(5)36-32(41)27(23)19-34-31(40)26-16-25(17-29-28(26)20-35-39(29)21(3)4)24-9-10-30(33-18-24)38-13-11-37(7-2)12-14-38/h9-10,15-18,20-21H,6-8,11-14,19H2,1-5H3,(H,34,40)(H,36,41). The minimum Gasteiger partial charge on any atom is -0.354 e. The zero-order chi connectivity index (χ0) is 29.1. The minimum atomic E-state index is -0.235. The van der Waals surface area contributed by atoms with Gasteiger partial charge < -0.3 is 20.1 Å². The Hall–Kier alpha value is -3.98. The van der Waals surface area contributed by atoms with Crippen LogP contribution in [0.2, 0.25) is 0 Å². The van der Waals surface area contributed by atoms with Crippen LogP contribution in [0, 0.1) is 6.92 Å². The molecular weight excluding hydrogens is 514 g/mol. The average molecular weight is 556 g/mol. The van der Waals surface area contributed by atoms with E-state index >= 15 is 0 Å². The number of carbonyl (C=O) groups is 1. The number of nitrogens with zero attached hydrogens (tertiary/aromatic N) is 5. The Labute approximate surface area is 241 Å². The van der Waals surface area contributed by atoms with Gasteiger partial charge in [-0.2, -0.15) is 5.10 Å². The summed E-state index contributed by atoms with van der Waals surface area (Å²) < 4.78 is 1.94. The highest BCUT2D eigenvalue weighted by molar-refractivity contribution is 6.08. The number of hydrogen-bond acceptors (Lipinski definition) is 6. The number of piperazine rings is 1. The SMILES string of the molecule is CCCc1cc(C)[nH]c(=O)c1CNC(=O)c1cc(-c2ccc(N3CCN(CC)CC3)nc2)cc2c1cnn2C(C)C. The maximum absolute atomic E-state index is 13.7. The first-order valence-corrected chi connectivity index (χ1v) is 14.7. The first-order chi connectivity index (χ1) is 19.8. The molecule has 1 fully saturated rings. The molecule has 0 radical (unpaired) electrons. The number of aromatic nitrogens is 4. The van der Waals surface area contributed by atoms with Gasteiger partial charge in [-0.05, 0) is 75.2 Å². The van der Waals surface area contributed by atoms with Gasteiger partial charge in [0.05, 0.1) is 17.3 Å². The summed E-state index contributed by atoms with van der Waals surface area (Å²) in [6.07, 6.45) is 5.35. The van der Waals surface area contributed by atoms with Crippen molar-refractivity contribution in [2.45, 2.75) is 60.0 Å². The minimum absolute atomic E-state index is 0.128. The normalized spacial score (nSPS) is 14.2. The van der Waals surface area contributed by atoms with Crippen LogP contribution in [0.4, 0.5) is 5.82 Å². The van der Waals surface area contributed by atoms with E-state index in [1.165, 1.54) is 0 Å². The number of benzene rings is 1. The molecule has 9 nitrogen and oxygen atoms in total. The number of aromatic amines is 1. The molecule has 216 valence electrons. The summed E-state index contributed by atoms with van der Waals surface area (Å²) in [5.74, 6) is 0.739. The lowest BCUT2D eigenvalue weighted by Gasteiger charge is -2.34. The summed E-state index contributed by atoms with van der Waals surface area (Å²) in [4.78, 5) is 38.9. The van der Waals surface area contributed by atoms with Crippen molar-refractivity contribution >= 4 is 22.6 Å². The number of pyridine rings is 2. The van der Waals surface area contributed by atoms with Crippen LogP contribution in [-0.4, -0.2) is 63.3 Å². The second-order valence-electron chi connectivity index (χ2n) is 11.2. The Morgan fingerprint density at radius 3 is 2.49 bits per heavy atom. The number of rotatable bonds is 9. The highest BCUT2D eigenvalue weighted by atomic mass is 16.1. The van der Waals surface area contributed by atoms with E-state index in [1.54, 1.807) is 6.20 Å². The molecule has 4 heterocycles. The van der Waals surface area contributed by atoms with Crippen LogP contribution in [0.25, 0.3) is 22.0 Å². The molecule has 0 unspecified atom stereocenters. The fourth-order valence-electron chi connectivity index (χ4n) is 5.68. The van der Waals surface area contributed by atoms with Gasteiger partial charge in [-0.3, -0.25) is 14.3 Å². The van der Waals surface area contributed by atoms with E-state index in [0.29, 0.717) is 11.1 Å². The van der Waals surface area contributed by atoms with E-state index in [-0.39, 0.29) is 24.1 Å². The molecule has 1 aliphatic heterocycles. The Morgan fingerprint density at radius 1 is 1.05 bits per heavy atom. The van der Waals surface area contributed by atoms with Gasteiger partial charge in [-0.15, -0.1) is 0 Å². The molecule has 0 bridgehead atoms. The average Bonchev–Trinajstić information content (AvgIpc) is 3.41. The molecule has 2 N–H and O–H groups in total. The molecule has 1 aromatic carbocycles. The van der Waals surface area contributed by atoms with Crippen molar-refractivity contribution in [1.29, 1.82) is 0 Å². The van der Waals surface area contributed by atoms with E-state index < -0.39 is 0 Å². The molecule has 1 saturated heterocycles. The van der Waals surface area contributed by atoms with Gasteiger partial charge in [0.1, 0.15) is 5.82 Å². The van der Waals surface area contributed by atoms with E-state index in [1.807, 2.05) is 29.9 Å². The first-order valence-electron chi connectivity index (χ1n) is 14.7. The molecule has 9 heteroatoms. The lowest BCUT2D eigenvalue weighted by Crippen LogP contribution is -2.46. The van der Waals surface area contributed by atoms with Crippen molar-refractivity contribution in [2.24, 2.45) is 0 Å². The summed E-state index contributed by atoms with van der Waals surface area (Å²) in [7, 11) is 0. The molecule has 5 rings (SSSR count). The summed E-state index contributed by atoms with van der Waals surface area (Å²) in [6.45, 7) is 15.6. The fraction of sp³-hybridized carbons (Fsp3) is 0.438. The van der Waals surface area contributed by atoms with Gasteiger partial charge in [0.2, 0.25) is 0 Å². The van der Waals surface area contributed by atoms with Crippen molar-refractivity contribution in [2.75, 3.05) is 37.6 Å². The highest BCUT2D eigenvalue weighted by Crippen LogP contribution is 2.30. The van der Waals surface area contributed by atoms with Crippen molar-refractivity contribution in [3.8, 4) is 11.1 Å². The second kappa shape index (κ2) is 12.3. The lowest BCUT2D eigenvalue weighted by molar-refractivity contribution is 0.0952. The Morgan fingerprint density at radius 2 is 1.83 bits per heavy atom. The fourth-order valence-corrected chi connectivity index (χ4v) is 5.68. The maximum Gasteiger partial charge on any atom is 0.253 e. The first kappa shape index (κ1) is 28.5. The van der Waals surface area contributed by atoms with Gasteiger partial charge in [0.25, 0.3) is 11.5 Å². The van der Waals surface area contributed by atoms with Gasteiger partial charge in [-0.1, -0.05) is 20.3 Å². The molecule has 1 aliphatic rings. The third-order valence-electron chi connectivity index (χ3n) is 7.98. The van der Waals surface area contributed by atoms with Crippen LogP contribution in [0.1, 0.15) is 67.3 Å². The third kappa shape index (κ3) is 6.05. The smallest absolute Gasteiger partial charge is 0.253 e. The summed E-state index contributed by atoms with van der Waals surface area (Å²) in [5.41, 5.74) is 5.52. The molecule has 0 spiro atoms. The quantitative estimate of drug-likeness (QED) is 0.311. The lowest BCUT2D eigenvalue weighted by atomic mass is 10.00. The van der Waals surface area contributed by atoms with Crippen LogP contribution in [-0.2, 0) is 13.0 Å². The predicted molar refractivity (Wildman–Crippen MR) is 165 cm³/mol. The third-order valence-corrected chi connectivity index (χ3v) is 7.98. The number of aryl methyl sites for hydroxylation is 2. The molecule has 41 heavy (non-hydrogen) atoms. The van der Waals surface area contributed by atoms with Gasteiger partial charge in [0.15, 0.2) is 0 Å². The van der Waals surface area contributed by atoms with E-state index in [0.717, 1.165) is 84.7 Å². The number of fused-ring (bicyclic) bond motifs is 1. The van der Waals surface area contributed by atoms with Crippen molar-refractivity contribution < 1.29 is 4.79 Å². The molecule has 4 aromatic rings. The number of nitrogens with one attached hydrogen (secondary N) is 2. The largest absolute Gasteiger partial charge is 0.354 e. The highest BCUT2D eigenvalue weighted by Gasteiger charge is 2.20. The topological polar surface area (TPSA) is 99.2 Å². The zero-order valence-electron chi connectivity index (χ0n) is 24.8. The maximum atomic E-state index is 13.7. The van der Waals surface area contributed by atoms with Crippen LogP contribution < -0.4 is 15.8 Å². The number of hydrogen-bond donors (Lipinski definition) is 2. The number of likely N-dealkylation sites (N-methyl/N-ethyl adjacent to an activating group) is 1. The van der Waals surface area contributed by atoms with Crippen LogP contribution in [0.5, 0.6) is 0 Å². The Kier molecular flexibility index (Phi) is 8.54. The van der Waals surface area contributed by atoms with Gasteiger partial charge in [0, 0.05) is 67.2 Å². The Bertz CT molecular complexity index is 1580. The number of carbonyl (C=O) groups excluding carboxylic acids is 1. The second-order valence-corrected chi connectivity index (χ2v) is 11.2. The molecular formula is C32H41N7O2. The van der Waals surface area contributed by atoms with Crippen LogP contribution in [0.15, 0.2) is 47.5 Å². The van der Waals surface area contributed by atoms with Crippen LogP contribution in [0.3, 0.4) is 0 Å². The molecule has 1 amide bonds. The van der Waals surface area contributed by atoms with Gasteiger partial charge >= 0.3 is 0 Å². The summed E-state index contributed by atoms with van der Waals surface area (Å²) >= 11 is 0. The molecule has 3 aromatic heterocycles. The number of H-pyrrole nitrogens is 1. The molecule has 0 saturated carbocycles. The molecule has 0 atom stereocenters. The van der Waals surface area contributed by atoms with E-state index in [9.17, 15) is 9.59 Å². The van der Waals surface area contributed by atoms with Gasteiger partial charge in [-0.25, -0.2) is 4.98 Å². The monoisotopic (exact) mass is 555 g/mol. The number of anilines is 1. The Balaban J connectivity index is 1.45.